The number of carbonyl (C=O) groups excluding carboxylic acids is 3. The summed E-state index contributed by atoms with van der Waals surface area (Å²) in [6.45, 7) is 3.04. The second-order valence-corrected chi connectivity index (χ2v) is 6.59. The maximum atomic E-state index is 13.7. The van der Waals surface area contributed by atoms with Gasteiger partial charge in [-0.3, -0.25) is 14.4 Å². The maximum Gasteiger partial charge on any atom is 0.251 e. The predicted molar refractivity (Wildman–Crippen MR) is 105 cm³/mol. The Morgan fingerprint density at radius 1 is 1.00 bits per heavy atom. The maximum absolute atomic E-state index is 13.7. The molecule has 3 amide bonds. The van der Waals surface area contributed by atoms with Gasteiger partial charge in [0, 0.05) is 12.1 Å². The van der Waals surface area contributed by atoms with Crippen LogP contribution in [0.25, 0.3) is 0 Å². The van der Waals surface area contributed by atoms with Crippen LogP contribution in [0.5, 0.6) is 0 Å². The van der Waals surface area contributed by atoms with Crippen molar-refractivity contribution in [3.05, 3.63) is 65.5 Å². The van der Waals surface area contributed by atoms with E-state index < -0.39 is 53.4 Å². The molecule has 2 rings (SSSR count). The summed E-state index contributed by atoms with van der Waals surface area (Å²) in [6, 6.07) is 8.98. The van der Waals surface area contributed by atoms with Gasteiger partial charge in [-0.25, -0.2) is 13.2 Å². The molecule has 0 radical (unpaired) electrons. The van der Waals surface area contributed by atoms with E-state index in [1.165, 1.54) is 11.8 Å². The fourth-order valence-corrected chi connectivity index (χ4v) is 2.73. The largest absolute Gasteiger partial charge is 0.341 e. The van der Waals surface area contributed by atoms with E-state index in [2.05, 4.69) is 10.6 Å². The van der Waals surface area contributed by atoms with Crippen LogP contribution in [-0.4, -0.2) is 41.8 Å². The molecule has 0 saturated heterocycles. The summed E-state index contributed by atoms with van der Waals surface area (Å²) in [5.41, 5.74) is -0.154. The van der Waals surface area contributed by atoms with Crippen LogP contribution in [-0.2, 0) is 9.59 Å². The molecule has 0 aliphatic heterocycles. The Labute approximate surface area is 172 Å². The molecule has 2 N–H and O–H groups in total. The van der Waals surface area contributed by atoms with Crippen LogP contribution in [0.1, 0.15) is 30.6 Å². The summed E-state index contributed by atoms with van der Waals surface area (Å²) < 4.78 is 40.1. The molecule has 160 valence electrons. The molecule has 1 unspecified atom stereocenters. The number of nitrogens with zero attached hydrogens (tertiary/aromatic N) is 1. The van der Waals surface area contributed by atoms with Gasteiger partial charge in [-0.2, -0.15) is 0 Å². The molecule has 2 aromatic rings. The average molecular weight is 421 g/mol. The van der Waals surface area contributed by atoms with E-state index in [1.54, 1.807) is 37.3 Å². The first-order chi connectivity index (χ1) is 14.2. The van der Waals surface area contributed by atoms with Crippen molar-refractivity contribution in [2.75, 3.05) is 18.4 Å². The minimum atomic E-state index is -1.70. The van der Waals surface area contributed by atoms with E-state index in [4.69, 9.17) is 0 Å². The Morgan fingerprint density at radius 2 is 1.67 bits per heavy atom. The van der Waals surface area contributed by atoms with Gasteiger partial charge in [-0.05, 0) is 37.6 Å². The lowest BCUT2D eigenvalue weighted by Gasteiger charge is -2.25. The molecule has 0 spiro atoms. The summed E-state index contributed by atoms with van der Waals surface area (Å²) in [6.07, 6.45) is 0.526. The van der Waals surface area contributed by atoms with Gasteiger partial charge >= 0.3 is 0 Å². The molecule has 0 saturated carbocycles. The number of rotatable bonds is 8. The Morgan fingerprint density at radius 3 is 2.30 bits per heavy atom. The van der Waals surface area contributed by atoms with Crippen LogP contribution < -0.4 is 10.6 Å². The molecule has 0 fully saturated rings. The van der Waals surface area contributed by atoms with Gasteiger partial charge in [-0.1, -0.05) is 25.1 Å². The standard InChI is InChI=1S/C21H22F3N3O3/c1-3-11-27(12-17(28)26-16-10-9-15(22)18(23)19(16)24)21(30)13(2)25-20(29)14-7-5-4-6-8-14/h4-10,13H,3,11-12H2,1-2H3,(H,25,29)(H,26,28). The average Bonchev–Trinajstić information content (AvgIpc) is 2.73. The second-order valence-electron chi connectivity index (χ2n) is 6.59. The molecule has 0 aliphatic carbocycles. The zero-order valence-corrected chi connectivity index (χ0v) is 16.5. The Kier molecular flexibility index (Phi) is 7.97. The fraction of sp³-hybridized carbons (Fsp3) is 0.286. The zero-order valence-electron chi connectivity index (χ0n) is 16.5. The van der Waals surface area contributed by atoms with Gasteiger partial charge in [0.25, 0.3) is 5.91 Å². The third kappa shape index (κ3) is 5.82. The van der Waals surface area contributed by atoms with Crippen molar-refractivity contribution < 1.29 is 27.6 Å². The number of halogens is 3. The van der Waals surface area contributed by atoms with E-state index in [1.807, 2.05) is 0 Å². The molecular weight excluding hydrogens is 399 g/mol. The minimum absolute atomic E-state index is 0.206. The highest BCUT2D eigenvalue weighted by atomic mass is 19.2. The van der Waals surface area contributed by atoms with Crippen molar-refractivity contribution in [2.24, 2.45) is 0 Å². The molecular formula is C21H22F3N3O3. The van der Waals surface area contributed by atoms with Crippen molar-refractivity contribution in [3.8, 4) is 0 Å². The molecule has 0 bridgehead atoms. The molecule has 0 heterocycles. The number of amides is 3. The Hall–Kier alpha value is -3.36. The van der Waals surface area contributed by atoms with Crippen LogP contribution >= 0.6 is 0 Å². The summed E-state index contributed by atoms with van der Waals surface area (Å²) in [7, 11) is 0. The topological polar surface area (TPSA) is 78.5 Å². The van der Waals surface area contributed by atoms with Crippen molar-refractivity contribution >= 4 is 23.4 Å². The van der Waals surface area contributed by atoms with E-state index >= 15 is 0 Å². The van der Waals surface area contributed by atoms with E-state index in [-0.39, 0.29) is 6.54 Å². The molecule has 0 aliphatic rings. The van der Waals surface area contributed by atoms with Crippen molar-refractivity contribution in [2.45, 2.75) is 26.3 Å². The summed E-state index contributed by atoms with van der Waals surface area (Å²) >= 11 is 0. The van der Waals surface area contributed by atoms with Crippen molar-refractivity contribution in [1.82, 2.24) is 10.2 Å². The quantitative estimate of drug-likeness (QED) is 0.643. The summed E-state index contributed by atoms with van der Waals surface area (Å²) in [5, 5.41) is 4.69. The lowest BCUT2D eigenvalue weighted by molar-refractivity contribution is -0.136. The number of carbonyl (C=O) groups is 3. The fourth-order valence-electron chi connectivity index (χ4n) is 2.73. The van der Waals surface area contributed by atoms with Crippen molar-refractivity contribution in [1.29, 1.82) is 0 Å². The summed E-state index contributed by atoms with van der Waals surface area (Å²) in [5.74, 6) is -6.35. The third-order valence-corrected chi connectivity index (χ3v) is 4.20. The molecule has 0 aromatic heterocycles. The van der Waals surface area contributed by atoms with Gasteiger partial charge in [0.2, 0.25) is 11.8 Å². The normalized spacial score (nSPS) is 11.5. The van der Waals surface area contributed by atoms with Crippen LogP contribution in [0.3, 0.4) is 0 Å². The molecule has 6 nitrogen and oxygen atoms in total. The first-order valence-corrected chi connectivity index (χ1v) is 9.32. The summed E-state index contributed by atoms with van der Waals surface area (Å²) in [4.78, 5) is 38.4. The van der Waals surface area contributed by atoms with E-state index in [9.17, 15) is 27.6 Å². The van der Waals surface area contributed by atoms with Gasteiger partial charge in [0.1, 0.15) is 6.04 Å². The molecule has 30 heavy (non-hydrogen) atoms. The third-order valence-electron chi connectivity index (χ3n) is 4.20. The molecule has 2 aromatic carbocycles. The lowest BCUT2D eigenvalue weighted by Crippen LogP contribution is -2.49. The van der Waals surface area contributed by atoms with Crippen LogP contribution in [0.15, 0.2) is 42.5 Å². The number of hydrogen-bond acceptors (Lipinski definition) is 3. The highest BCUT2D eigenvalue weighted by Gasteiger charge is 2.24. The lowest BCUT2D eigenvalue weighted by atomic mass is 10.2. The Bertz CT molecular complexity index is 922. The van der Waals surface area contributed by atoms with Crippen LogP contribution in [0.4, 0.5) is 18.9 Å². The zero-order chi connectivity index (χ0) is 22.3. The predicted octanol–water partition coefficient (Wildman–Crippen LogP) is 3.10. The van der Waals surface area contributed by atoms with Gasteiger partial charge in [-0.15, -0.1) is 0 Å². The Balaban J connectivity index is 2.03. The van der Waals surface area contributed by atoms with Crippen LogP contribution in [0, 0.1) is 17.5 Å². The monoisotopic (exact) mass is 421 g/mol. The first kappa shape index (κ1) is 22.9. The van der Waals surface area contributed by atoms with Crippen molar-refractivity contribution in [3.63, 3.8) is 0 Å². The molecule has 1 atom stereocenters. The van der Waals surface area contributed by atoms with Gasteiger partial charge in [0.05, 0.1) is 12.2 Å². The first-order valence-electron chi connectivity index (χ1n) is 9.32. The molecule has 9 heteroatoms. The highest BCUT2D eigenvalue weighted by Crippen LogP contribution is 2.19. The number of nitrogens with one attached hydrogen (secondary N) is 2. The van der Waals surface area contributed by atoms with Crippen LogP contribution in [0.2, 0.25) is 0 Å². The van der Waals surface area contributed by atoms with Gasteiger partial charge in [0.15, 0.2) is 17.5 Å². The van der Waals surface area contributed by atoms with Gasteiger partial charge < -0.3 is 15.5 Å². The van der Waals surface area contributed by atoms with E-state index in [0.717, 1.165) is 6.07 Å². The SMILES string of the molecule is CCCN(CC(=O)Nc1ccc(F)c(F)c1F)C(=O)C(C)NC(=O)c1ccccc1. The smallest absolute Gasteiger partial charge is 0.251 e. The number of hydrogen-bond donors (Lipinski definition) is 2. The second kappa shape index (κ2) is 10.4. The number of benzene rings is 2. The minimum Gasteiger partial charge on any atom is -0.341 e. The highest BCUT2D eigenvalue weighted by molar-refractivity contribution is 5.99. The number of anilines is 1. The van der Waals surface area contributed by atoms with E-state index in [0.29, 0.717) is 18.1 Å².